The van der Waals surface area contributed by atoms with Gasteiger partial charge in [-0.05, 0) is 33.2 Å². The Bertz CT molecular complexity index is 202. The Hall–Kier alpha value is -0.570. The monoisotopic (exact) mass is 215 g/mol. The molecule has 1 N–H and O–H groups in total. The summed E-state index contributed by atoms with van der Waals surface area (Å²) in [5, 5.41) is 9.21. The lowest BCUT2D eigenvalue weighted by molar-refractivity contribution is -0.151. The number of carboxylic acids is 1. The molecule has 3 nitrogen and oxygen atoms in total. The number of likely N-dealkylation sites (N-methyl/N-ethyl adjacent to an activating group) is 1. The van der Waals surface area contributed by atoms with Crippen LogP contribution in [0.2, 0.25) is 0 Å². The molecule has 0 aromatic carbocycles. The van der Waals surface area contributed by atoms with E-state index in [9.17, 15) is 9.90 Å². The van der Waals surface area contributed by atoms with Gasteiger partial charge in [-0.25, -0.2) is 0 Å². The van der Waals surface area contributed by atoms with Gasteiger partial charge in [0.05, 0.1) is 0 Å². The Morgan fingerprint density at radius 2 is 1.87 bits per heavy atom. The molecule has 0 aliphatic rings. The summed E-state index contributed by atoms with van der Waals surface area (Å²) in [7, 11) is 0. The summed E-state index contributed by atoms with van der Waals surface area (Å²) in [6.45, 7) is 10.7. The first-order valence-electron chi connectivity index (χ1n) is 5.91. The zero-order valence-corrected chi connectivity index (χ0v) is 10.7. The lowest BCUT2D eigenvalue weighted by Gasteiger charge is -2.40. The molecule has 0 amide bonds. The van der Waals surface area contributed by atoms with Crippen LogP contribution in [0.3, 0.4) is 0 Å². The van der Waals surface area contributed by atoms with Crippen LogP contribution in [0.15, 0.2) is 0 Å². The van der Waals surface area contributed by atoms with Crippen molar-refractivity contribution >= 4 is 5.97 Å². The van der Waals surface area contributed by atoms with Crippen LogP contribution in [0.5, 0.6) is 0 Å². The molecule has 15 heavy (non-hydrogen) atoms. The molecular weight excluding hydrogens is 190 g/mol. The second kappa shape index (κ2) is 6.11. The maximum Gasteiger partial charge on any atom is 0.323 e. The van der Waals surface area contributed by atoms with E-state index in [1.807, 2.05) is 6.92 Å². The van der Waals surface area contributed by atoms with Crippen LogP contribution in [0.25, 0.3) is 0 Å². The van der Waals surface area contributed by atoms with Gasteiger partial charge in [0, 0.05) is 6.04 Å². The summed E-state index contributed by atoms with van der Waals surface area (Å²) < 4.78 is 0. The van der Waals surface area contributed by atoms with Gasteiger partial charge in [-0.15, -0.1) is 0 Å². The Kier molecular flexibility index (Phi) is 5.88. The first-order valence-corrected chi connectivity index (χ1v) is 5.91. The van der Waals surface area contributed by atoms with E-state index < -0.39 is 11.5 Å². The lowest BCUT2D eigenvalue weighted by Crippen LogP contribution is -2.54. The SMILES string of the molecule is CCCC(CC)N(CC)C(C)(C)C(=O)O. The smallest absolute Gasteiger partial charge is 0.323 e. The number of rotatable bonds is 7. The fraction of sp³-hybridized carbons (Fsp3) is 0.917. The maximum atomic E-state index is 11.2. The number of carboxylic acid groups (broad SMARTS) is 1. The van der Waals surface area contributed by atoms with Gasteiger partial charge in [0.1, 0.15) is 5.54 Å². The average molecular weight is 215 g/mol. The molecule has 0 rings (SSSR count). The van der Waals surface area contributed by atoms with Gasteiger partial charge in [-0.3, -0.25) is 9.69 Å². The minimum Gasteiger partial charge on any atom is -0.480 e. The van der Waals surface area contributed by atoms with Gasteiger partial charge < -0.3 is 5.11 Å². The predicted octanol–water partition coefficient (Wildman–Crippen LogP) is 2.75. The van der Waals surface area contributed by atoms with E-state index in [-0.39, 0.29) is 0 Å². The molecule has 0 aliphatic carbocycles. The minimum absolute atomic E-state index is 0.381. The van der Waals surface area contributed by atoms with Crippen molar-refractivity contribution in [2.45, 2.75) is 65.5 Å². The molecule has 1 unspecified atom stereocenters. The van der Waals surface area contributed by atoms with Crippen molar-refractivity contribution in [1.29, 1.82) is 0 Å². The third-order valence-corrected chi connectivity index (χ3v) is 3.12. The van der Waals surface area contributed by atoms with Gasteiger partial charge in [-0.1, -0.05) is 27.2 Å². The first-order chi connectivity index (χ1) is 6.91. The zero-order valence-electron chi connectivity index (χ0n) is 10.7. The zero-order chi connectivity index (χ0) is 12.1. The van der Waals surface area contributed by atoms with Gasteiger partial charge in [-0.2, -0.15) is 0 Å². The van der Waals surface area contributed by atoms with Gasteiger partial charge in [0.2, 0.25) is 0 Å². The summed E-state index contributed by atoms with van der Waals surface area (Å²) in [6, 6.07) is 0.381. The molecule has 0 aromatic rings. The highest BCUT2D eigenvalue weighted by molar-refractivity contribution is 5.77. The third-order valence-electron chi connectivity index (χ3n) is 3.12. The fourth-order valence-corrected chi connectivity index (χ4v) is 2.15. The molecule has 0 saturated carbocycles. The van der Waals surface area contributed by atoms with E-state index >= 15 is 0 Å². The Morgan fingerprint density at radius 3 is 2.13 bits per heavy atom. The normalized spacial score (nSPS) is 14.3. The molecule has 0 radical (unpaired) electrons. The van der Waals surface area contributed by atoms with Crippen LogP contribution in [0.1, 0.15) is 53.9 Å². The van der Waals surface area contributed by atoms with Crippen LogP contribution >= 0.6 is 0 Å². The molecule has 0 aliphatic heterocycles. The molecule has 0 spiro atoms. The van der Waals surface area contributed by atoms with E-state index in [0.717, 1.165) is 25.8 Å². The van der Waals surface area contributed by atoms with E-state index in [1.165, 1.54) is 0 Å². The van der Waals surface area contributed by atoms with Gasteiger partial charge in [0.25, 0.3) is 0 Å². The highest BCUT2D eigenvalue weighted by atomic mass is 16.4. The van der Waals surface area contributed by atoms with Crippen LogP contribution in [-0.2, 0) is 4.79 Å². The van der Waals surface area contributed by atoms with Crippen molar-refractivity contribution in [3.05, 3.63) is 0 Å². The van der Waals surface area contributed by atoms with Crippen molar-refractivity contribution in [3.63, 3.8) is 0 Å². The fourth-order valence-electron chi connectivity index (χ4n) is 2.15. The summed E-state index contributed by atoms with van der Waals surface area (Å²) in [5.41, 5.74) is -0.759. The largest absolute Gasteiger partial charge is 0.480 e. The minimum atomic E-state index is -0.759. The van der Waals surface area contributed by atoms with Crippen molar-refractivity contribution < 1.29 is 9.90 Å². The standard InChI is InChI=1S/C12H25NO2/c1-6-9-10(7-2)13(8-3)12(4,5)11(14)15/h10H,6-9H2,1-5H3,(H,14,15). The molecule has 90 valence electrons. The Labute approximate surface area is 93.5 Å². The summed E-state index contributed by atoms with van der Waals surface area (Å²) in [5.74, 6) is -0.737. The van der Waals surface area contributed by atoms with E-state index in [0.29, 0.717) is 6.04 Å². The average Bonchev–Trinajstić information content (AvgIpc) is 2.17. The lowest BCUT2D eigenvalue weighted by atomic mass is 9.97. The van der Waals surface area contributed by atoms with Gasteiger partial charge >= 0.3 is 5.97 Å². The molecule has 0 bridgehead atoms. The molecular formula is C12H25NO2. The number of carbonyl (C=O) groups is 1. The van der Waals surface area contributed by atoms with E-state index in [4.69, 9.17) is 0 Å². The van der Waals surface area contributed by atoms with Crippen molar-refractivity contribution in [1.82, 2.24) is 4.90 Å². The molecule has 0 aromatic heterocycles. The summed E-state index contributed by atoms with van der Waals surface area (Å²) in [4.78, 5) is 13.3. The highest BCUT2D eigenvalue weighted by Gasteiger charge is 2.36. The van der Waals surface area contributed by atoms with Crippen LogP contribution in [0, 0.1) is 0 Å². The topological polar surface area (TPSA) is 40.5 Å². The number of aliphatic carboxylic acids is 1. The quantitative estimate of drug-likeness (QED) is 0.710. The molecule has 1 atom stereocenters. The number of hydrogen-bond acceptors (Lipinski definition) is 2. The Balaban J connectivity index is 4.78. The number of hydrogen-bond donors (Lipinski definition) is 1. The van der Waals surface area contributed by atoms with Crippen molar-refractivity contribution in [2.24, 2.45) is 0 Å². The van der Waals surface area contributed by atoms with E-state index in [1.54, 1.807) is 13.8 Å². The maximum absolute atomic E-state index is 11.2. The van der Waals surface area contributed by atoms with Crippen molar-refractivity contribution in [2.75, 3.05) is 6.54 Å². The second-order valence-electron chi connectivity index (χ2n) is 4.50. The summed E-state index contributed by atoms with van der Waals surface area (Å²) >= 11 is 0. The van der Waals surface area contributed by atoms with Crippen LogP contribution < -0.4 is 0 Å². The second-order valence-corrected chi connectivity index (χ2v) is 4.50. The molecule has 0 fully saturated rings. The Morgan fingerprint density at radius 1 is 1.33 bits per heavy atom. The molecule has 3 heteroatoms. The van der Waals surface area contributed by atoms with Crippen LogP contribution in [-0.4, -0.2) is 34.1 Å². The first kappa shape index (κ1) is 14.4. The van der Waals surface area contributed by atoms with Crippen molar-refractivity contribution in [3.8, 4) is 0 Å². The molecule has 0 heterocycles. The van der Waals surface area contributed by atoms with Gasteiger partial charge in [0.15, 0.2) is 0 Å². The summed E-state index contributed by atoms with van der Waals surface area (Å²) in [6.07, 6.45) is 3.18. The highest BCUT2D eigenvalue weighted by Crippen LogP contribution is 2.22. The molecule has 0 saturated heterocycles. The third kappa shape index (κ3) is 3.49. The van der Waals surface area contributed by atoms with Crippen LogP contribution in [0.4, 0.5) is 0 Å². The number of nitrogens with zero attached hydrogens (tertiary/aromatic N) is 1. The van der Waals surface area contributed by atoms with E-state index in [2.05, 4.69) is 18.7 Å². The predicted molar refractivity (Wildman–Crippen MR) is 63.1 cm³/mol.